The molecule has 0 spiro atoms. The summed E-state index contributed by atoms with van der Waals surface area (Å²) in [4.78, 5) is 22.0. The third-order valence-electron chi connectivity index (χ3n) is 3.08. The maximum absolute atomic E-state index is 12.2. The largest absolute Gasteiger partial charge is 0.466 e. The van der Waals surface area contributed by atoms with E-state index in [1.54, 1.807) is 18.3 Å². The highest BCUT2D eigenvalue weighted by Gasteiger charge is 2.04. The summed E-state index contributed by atoms with van der Waals surface area (Å²) in [6.45, 7) is 5.70. The van der Waals surface area contributed by atoms with E-state index in [0.717, 1.165) is 20.2 Å². The second-order valence-corrected chi connectivity index (χ2v) is 5.94. The average Bonchev–Trinajstić information content (AvgIpc) is 2.47. The zero-order valence-corrected chi connectivity index (χ0v) is 13.7. The molecule has 0 unspecified atom stereocenters. The van der Waals surface area contributed by atoms with Crippen LogP contribution >= 0.6 is 11.3 Å². The van der Waals surface area contributed by atoms with Gasteiger partial charge in [0, 0.05) is 27.1 Å². The zero-order valence-electron chi connectivity index (χ0n) is 12.9. The Kier molecular flexibility index (Phi) is 5.28. The van der Waals surface area contributed by atoms with Gasteiger partial charge >= 0.3 is 5.97 Å². The van der Waals surface area contributed by atoms with Gasteiger partial charge in [0.1, 0.15) is 0 Å². The number of esters is 1. The van der Waals surface area contributed by atoms with Gasteiger partial charge < -0.3 is 4.74 Å². The Labute approximate surface area is 133 Å². The number of hydrogen-bond acceptors (Lipinski definition) is 4. The fourth-order valence-electron chi connectivity index (χ4n) is 2.11. The Balaban J connectivity index is 0.000000254. The smallest absolute Gasteiger partial charge is 0.302 e. The molecule has 22 heavy (non-hydrogen) atoms. The molecular weight excluding hydrogens is 296 g/mol. The third kappa shape index (κ3) is 3.71. The van der Waals surface area contributed by atoms with Crippen LogP contribution in [-0.4, -0.2) is 12.6 Å². The number of fused-ring (bicyclic) bond motifs is 2. The minimum Gasteiger partial charge on any atom is -0.466 e. The number of benzene rings is 2. The van der Waals surface area contributed by atoms with E-state index in [4.69, 9.17) is 0 Å². The van der Waals surface area contributed by atoms with Crippen LogP contribution in [0.5, 0.6) is 0 Å². The van der Waals surface area contributed by atoms with Crippen molar-refractivity contribution in [3.8, 4) is 0 Å². The van der Waals surface area contributed by atoms with E-state index in [1.807, 2.05) is 43.3 Å². The van der Waals surface area contributed by atoms with Crippen molar-refractivity contribution < 1.29 is 9.53 Å². The van der Waals surface area contributed by atoms with Gasteiger partial charge in [-0.25, -0.2) is 0 Å². The molecule has 1 heterocycles. The lowest BCUT2D eigenvalue weighted by atomic mass is 10.1. The van der Waals surface area contributed by atoms with Crippen LogP contribution in [0.15, 0.2) is 47.3 Å². The first kappa shape index (κ1) is 16.2. The molecule has 0 aliphatic carbocycles. The summed E-state index contributed by atoms with van der Waals surface area (Å²) < 4.78 is 6.54. The van der Waals surface area contributed by atoms with Gasteiger partial charge in [-0.15, -0.1) is 11.3 Å². The lowest BCUT2D eigenvalue weighted by molar-refractivity contribution is -0.140. The van der Waals surface area contributed by atoms with E-state index in [-0.39, 0.29) is 11.4 Å². The Morgan fingerprint density at radius 3 is 2.41 bits per heavy atom. The minimum atomic E-state index is -0.211. The topological polar surface area (TPSA) is 43.4 Å². The predicted molar refractivity (Wildman–Crippen MR) is 92.6 cm³/mol. The first-order chi connectivity index (χ1) is 10.5. The first-order valence-corrected chi connectivity index (χ1v) is 7.90. The van der Waals surface area contributed by atoms with Crippen molar-refractivity contribution in [3.63, 3.8) is 0 Å². The number of ether oxygens (including phenoxy) is 1. The monoisotopic (exact) mass is 314 g/mol. The highest BCUT2D eigenvalue weighted by atomic mass is 32.1. The fraction of sp³-hybridized carbons (Fsp3) is 0.222. The molecule has 4 heteroatoms. The van der Waals surface area contributed by atoms with Crippen molar-refractivity contribution in [3.05, 3.63) is 58.3 Å². The van der Waals surface area contributed by atoms with E-state index in [0.29, 0.717) is 6.61 Å². The maximum atomic E-state index is 12.2. The van der Waals surface area contributed by atoms with Crippen LogP contribution < -0.4 is 5.43 Å². The molecule has 0 radical (unpaired) electrons. The molecule has 3 rings (SSSR count). The van der Waals surface area contributed by atoms with Gasteiger partial charge in [-0.1, -0.05) is 18.2 Å². The molecule has 0 N–H and O–H groups in total. The highest BCUT2D eigenvalue weighted by Crippen LogP contribution is 2.24. The SMILES string of the molecule is CCOC(C)=O.Cc1ccc2c(=O)c3ccccc3sc2c1. The molecule has 1 aromatic heterocycles. The second kappa shape index (κ2) is 7.18. The van der Waals surface area contributed by atoms with Crippen molar-refractivity contribution >= 4 is 37.5 Å². The van der Waals surface area contributed by atoms with Gasteiger partial charge in [0.05, 0.1) is 6.61 Å². The van der Waals surface area contributed by atoms with Crippen LogP contribution in [0.3, 0.4) is 0 Å². The van der Waals surface area contributed by atoms with Gasteiger partial charge in [-0.05, 0) is 43.7 Å². The Hall–Kier alpha value is -2.20. The second-order valence-electron chi connectivity index (χ2n) is 4.85. The molecule has 0 bridgehead atoms. The Bertz CT molecular complexity index is 865. The first-order valence-electron chi connectivity index (χ1n) is 7.08. The molecule has 0 saturated heterocycles. The normalized spacial score (nSPS) is 10.1. The molecule has 0 aliphatic rings. The third-order valence-corrected chi connectivity index (χ3v) is 4.21. The Morgan fingerprint density at radius 2 is 1.77 bits per heavy atom. The van der Waals surface area contributed by atoms with Crippen molar-refractivity contribution in [2.75, 3.05) is 6.61 Å². The summed E-state index contributed by atoms with van der Waals surface area (Å²) >= 11 is 1.68. The minimum absolute atomic E-state index is 0.143. The summed E-state index contributed by atoms with van der Waals surface area (Å²) in [6.07, 6.45) is 0. The summed E-state index contributed by atoms with van der Waals surface area (Å²) in [5.74, 6) is -0.211. The molecule has 0 atom stereocenters. The van der Waals surface area contributed by atoms with Crippen molar-refractivity contribution in [2.24, 2.45) is 0 Å². The van der Waals surface area contributed by atoms with Gasteiger partial charge in [0.25, 0.3) is 0 Å². The number of hydrogen-bond donors (Lipinski definition) is 0. The van der Waals surface area contributed by atoms with E-state index in [9.17, 15) is 9.59 Å². The summed E-state index contributed by atoms with van der Waals surface area (Å²) in [7, 11) is 0. The van der Waals surface area contributed by atoms with E-state index in [2.05, 4.69) is 10.8 Å². The molecular formula is C18H18O3S. The number of carbonyl (C=O) groups is 1. The maximum Gasteiger partial charge on any atom is 0.302 e. The molecule has 3 aromatic rings. The summed E-state index contributed by atoms with van der Waals surface area (Å²) in [5, 5.41) is 1.65. The quantitative estimate of drug-likeness (QED) is 0.497. The molecule has 114 valence electrons. The molecule has 3 nitrogen and oxygen atoms in total. The number of carbonyl (C=O) groups excluding carboxylic acids is 1. The summed E-state index contributed by atoms with van der Waals surface area (Å²) in [5.41, 5.74) is 1.34. The van der Waals surface area contributed by atoms with Gasteiger partial charge in [0.15, 0.2) is 5.43 Å². The Morgan fingerprint density at radius 1 is 1.09 bits per heavy atom. The van der Waals surface area contributed by atoms with Crippen LogP contribution in [0.2, 0.25) is 0 Å². The standard InChI is InChI=1S/C14H10OS.C4H8O2/c1-9-6-7-11-13(8-9)16-12-5-3-2-4-10(12)14(11)15;1-3-6-4(2)5/h2-8H,1H3;3H2,1-2H3. The number of rotatable bonds is 1. The van der Waals surface area contributed by atoms with Crippen LogP contribution in [0.1, 0.15) is 19.4 Å². The van der Waals surface area contributed by atoms with Crippen LogP contribution in [0.25, 0.3) is 20.2 Å². The van der Waals surface area contributed by atoms with Crippen LogP contribution in [0.4, 0.5) is 0 Å². The van der Waals surface area contributed by atoms with E-state index >= 15 is 0 Å². The van der Waals surface area contributed by atoms with E-state index < -0.39 is 0 Å². The molecule has 0 fully saturated rings. The van der Waals surface area contributed by atoms with Crippen molar-refractivity contribution in [1.29, 1.82) is 0 Å². The van der Waals surface area contributed by atoms with Crippen molar-refractivity contribution in [1.82, 2.24) is 0 Å². The lowest BCUT2D eigenvalue weighted by Gasteiger charge is -2.01. The fourth-order valence-corrected chi connectivity index (χ4v) is 3.28. The molecule has 0 saturated carbocycles. The van der Waals surface area contributed by atoms with Crippen LogP contribution in [0, 0.1) is 6.92 Å². The number of aryl methyl sites for hydroxylation is 1. The van der Waals surface area contributed by atoms with E-state index in [1.165, 1.54) is 12.5 Å². The van der Waals surface area contributed by atoms with Gasteiger partial charge in [0.2, 0.25) is 0 Å². The van der Waals surface area contributed by atoms with Gasteiger partial charge in [-0.3, -0.25) is 9.59 Å². The molecule has 2 aromatic carbocycles. The van der Waals surface area contributed by atoms with Crippen LogP contribution in [-0.2, 0) is 9.53 Å². The molecule has 0 amide bonds. The van der Waals surface area contributed by atoms with Crippen molar-refractivity contribution in [2.45, 2.75) is 20.8 Å². The lowest BCUT2D eigenvalue weighted by Crippen LogP contribution is -2.00. The predicted octanol–water partition coefficient (Wildman–Crippen LogP) is 4.29. The average molecular weight is 314 g/mol. The molecule has 0 aliphatic heterocycles. The summed E-state index contributed by atoms with van der Waals surface area (Å²) in [6, 6.07) is 13.8. The van der Waals surface area contributed by atoms with Gasteiger partial charge in [-0.2, -0.15) is 0 Å². The highest BCUT2D eigenvalue weighted by molar-refractivity contribution is 7.24. The zero-order chi connectivity index (χ0) is 16.1.